The summed E-state index contributed by atoms with van der Waals surface area (Å²) in [5.41, 5.74) is 0.135. The summed E-state index contributed by atoms with van der Waals surface area (Å²) in [6.45, 7) is 0. The SMILES string of the molecule is O=C(O)C1(C#Cc2ccccc2)CC1. The fraction of sp³-hybridized carbons (Fsp3) is 0.250. The van der Waals surface area contributed by atoms with Crippen LogP contribution in [0, 0.1) is 17.3 Å². The zero-order valence-corrected chi connectivity index (χ0v) is 7.66. The van der Waals surface area contributed by atoms with Crippen molar-refractivity contribution in [3.8, 4) is 11.8 Å². The molecular weight excluding hydrogens is 176 g/mol. The Kier molecular flexibility index (Phi) is 2.01. The number of rotatable bonds is 1. The van der Waals surface area contributed by atoms with Gasteiger partial charge in [0.05, 0.1) is 0 Å². The molecular formula is C12H10O2. The molecule has 1 aromatic rings. The average molecular weight is 186 g/mol. The number of benzene rings is 1. The van der Waals surface area contributed by atoms with Gasteiger partial charge in [0.25, 0.3) is 0 Å². The molecule has 0 aromatic heterocycles. The van der Waals surface area contributed by atoms with Crippen LogP contribution in [0.1, 0.15) is 18.4 Å². The van der Waals surface area contributed by atoms with E-state index >= 15 is 0 Å². The van der Waals surface area contributed by atoms with Crippen LogP contribution in [0.25, 0.3) is 0 Å². The maximum atomic E-state index is 10.8. The van der Waals surface area contributed by atoms with Gasteiger partial charge in [0.2, 0.25) is 0 Å². The largest absolute Gasteiger partial charge is 0.480 e. The Morgan fingerprint density at radius 2 is 1.93 bits per heavy atom. The number of carboxylic acids is 1. The van der Waals surface area contributed by atoms with E-state index in [-0.39, 0.29) is 0 Å². The van der Waals surface area contributed by atoms with Gasteiger partial charge < -0.3 is 5.11 Å². The monoisotopic (exact) mass is 186 g/mol. The van der Waals surface area contributed by atoms with Crippen LogP contribution in [-0.4, -0.2) is 11.1 Å². The molecule has 0 amide bonds. The van der Waals surface area contributed by atoms with Crippen LogP contribution in [0.2, 0.25) is 0 Å². The van der Waals surface area contributed by atoms with Crippen LogP contribution in [0.3, 0.4) is 0 Å². The van der Waals surface area contributed by atoms with Crippen LogP contribution in [-0.2, 0) is 4.79 Å². The summed E-state index contributed by atoms with van der Waals surface area (Å²) >= 11 is 0. The van der Waals surface area contributed by atoms with E-state index in [0.717, 1.165) is 5.56 Å². The minimum Gasteiger partial charge on any atom is -0.480 e. The number of aliphatic carboxylic acids is 1. The third-order valence-electron chi connectivity index (χ3n) is 2.38. The normalized spacial score (nSPS) is 16.6. The molecule has 14 heavy (non-hydrogen) atoms. The Balaban J connectivity index is 2.19. The van der Waals surface area contributed by atoms with Crippen molar-refractivity contribution in [1.29, 1.82) is 0 Å². The minimum absolute atomic E-state index is 0.683. The van der Waals surface area contributed by atoms with Crippen LogP contribution >= 0.6 is 0 Å². The number of carbonyl (C=O) groups is 1. The maximum absolute atomic E-state index is 10.8. The molecule has 0 spiro atoms. The molecule has 1 aliphatic carbocycles. The van der Waals surface area contributed by atoms with E-state index in [9.17, 15) is 4.79 Å². The summed E-state index contributed by atoms with van der Waals surface area (Å²) in [6, 6.07) is 9.46. The fourth-order valence-corrected chi connectivity index (χ4v) is 1.23. The molecule has 1 aliphatic rings. The topological polar surface area (TPSA) is 37.3 Å². The Bertz CT molecular complexity index is 405. The predicted octanol–water partition coefficient (Wildman–Crippen LogP) is 1.90. The van der Waals surface area contributed by atoms with E-state index in [1.165, 1.54) is 0 Å². The van der Waals surface area contributed by atoms with Crippen molar-refractivity contribution in [2.24, 2.45) is 5.41 Å². The Morgan fingerprint density at radius 1 is 1.29 bits per heavy atom. The van der Waals surface area contributed by atoms with Crippen molar-refractivity contribution in [1.82, 2.24) is 0 Å². The molecule has 0 atom stereocenters. The molecule has 2 heteroatoms. The summed E-state index contributed by atoms with van der Waals surface area (Å²) in [5, 5.41) is 8.88. The zero-order valence-electron chi connectivity index (χ0n) is 7.66. The molecule has 1 N–H and O–H groups in total. The van der Waals surface area contributed by atoms with Gasteiger partial charge in [0, 0.05) is 5.56 Å². The molecule has 0 aliphatic heterocycles. The molecule has 0 saturated heterocycles. The predicted molar refractivity (Wildman–Crippen MR) is 52.6 cm³/mol. The number of hydrogen-bond acceptors (Lipinski definition) is 1. The van der Waals surface area contributed by atoms with Gasteiger partial charge in [-0.2, -0.15) is 0 Å². The van der Waals surface area contributed by atoms with E-state index in [1.807, 2.05) is 30.3 Å². The molecule has 0 unspecified atom stereocenters. The van der Waals surface area contributed by atoms with Gasteiger partial charge in [0.1, 0.15) is 5.41 Å². The molecule has 70 valence electrons. The standard InChI is InChI=1S/C12H10O2/c13-11(14)12(8-9-12)7-6-10-4-2-1-3-5-10/h1-5H,8-9H2,(H,13,14). The summed E-state index contributed by atoms with van der Waals surface area (Å²) in [4.78, 5) is 10.8. The molecule has 1 aromatic carbocycles. The highest BCUT2D eigenvalue weighted by atomic mass is 16.4. The van der Waals surface area contributed by atoms with Gasteiger partial charge in [-0.1, -0.05) is 30.0 Å². The van der Waals surface area contributed by atoms with Gasteiger partial charge in [-0.3, -0.25) is 4.79 Å². The van der Waals surface area contributed by atoms with E-state index in [0.29, 0.717) is 12.8 Å². The second kappa shape index (κ2) is 3.19. The fourth-order valence-electron chi connectivity index (χ4n) is 1.23. The Hall–Kier alpha value is -1.75. The first-order chi connectivity index (χ1) is 6.73. The highest BCUT2D eigenvalue weighted by Gasteiger charge is 2.49. The minimum atomic E-state index is -0.791. The molecule has 0 radical (unpaired) electrons. The van der Waals surface area contributed by atoms with E-state index < -0.39 is 11.4 Å². The Labute approximate surface area is 82.6 Å². The third-order valence-corrected chi connectivity index (χ3v) is 2.38. The lowest BCUT2D eigenvalue weighted by atomic mass is 10.1. The van der Waals surface area contributed by atoms with E-state index in [1.54, 1.807) is 0 Å². The molecule has 0 heterocycles. The van der Waals surface area contributed by atoms with Crippen molar-refractivity contribution in [3.63, 3.8) is 0 Å². The second-order valence-corrected chi connectivity index (χ2v) is 3.50. The van der Waals surface area contributed by atoms with Crippen molar-refractivity contribution < 1.29 is 9.90 Å². The van der Waals surface area contributed by atoms with Gasteiger partial charge in [0.15, 0.2) is 0 Å². The highest BCUT2D eigenvalue weighted by Crippen LogP contribution is 2.45. The number of carboxylic acid groups (broad SMARTS) is 1. The highest BCUT2D eigenvalue weighted by molar-refractivity contribution is 5.82. The molecule has 1 fully saturated rings. The molecule has 2 rings (SSSR count). The first-order valence-corrected chi connectivity index (χ1v) is 4.55. The van der Waals surface area contributed by atoms with Crippen molar-refractivity contribution in [3.05, 3.63) is 35.9 Å². The lowest BCUT2D eigenvalue weighted by molar-refractivity contribution is -0.141. The number of hydrogen-bond donors (Lipinski definition) is 1. The second-order valence-electron chi connectivity index (χ2n) is 3.50. The quantitative estimate of drug-likeness (QED) is 0.680. The van der Waals surface area contributed by atoms with Gasteiger partial charge in [-0.25, -0.2) is 0 Å². The van der Waals surface area contributed by atoms with Crippen molar-refractivity contribution in [2.45, 2.75) is 12.8 Å². The summed E-state index contributed by atoms with van der Waals surface area (Å²) in [6.07, 6.45) is 1.37. The molecule has 0 bridgehead atoms. The maximum Gasteiger partial charge on any atom is 0.321 e. The average Bonchev–Trinajstić information content (AvgIpc) is 2.97. The van der Waals surface area contributed by atoms with Crippen LogP contribution in [0.5, 0.6) is 0 Å². The summed E-state index contributed by atoms with van der Waals surface area (Å²) in [7, 11) is 0. The zero-order chi connectivity index (χ0) is 10.0. The van der Waals surface area contributed by atoms with Gasteiger partial charge in [-0.05, 0) is 25.0 Å². The van der Waals surface area contributed by atoms with Gasteiger partial charge in [-0.15, -0.1) is 0 Å². The van der Waals surface area contributed by atoms with Crippen LogP contribution in [0.4, 0.5) is 0 Å². The summed E-state index contributed by atoms with van der Waals surface area (Å²) in [5.74, 6) is 4.94. The molecule has 1 saturated carbocycles. The van der Waals surface area contributed by atoms with Crippen molar-refractivity contribution >= 4 is 5.97 Å². The summed E-state index contributed by atoms with van der Waals surface area (Å²) < 4.78 is 0. The lowest BCUT2D eigenvalue weighted by Gasteiger charge is -1.96. The van der Waals surface area contributed by atoms with Crippen LogP contribution < -0.4 is 0 Å². The third kappa shape index (κ3) is 1.62. The van der Waals surface area contributed by atoms with E-state index in [2.05, 4.69) is 11.8 Å². The lowest BCUT2D eigenvalue weighted by Crippen LogP contribution is -2.11. The molecule has 2 nitrogen and oxygen atoms in total. The first-order valence-electron chi connectivity index (χ1n) is 4.55. The van der Waals surface area contributed by atoms with E-state index in [4.69, 9.17) is 5.11 Å². The van der Waals surface area contributed by atoms with Crippen LogP contribution in [0.15, 0.2) is 30.3 Å². The van der Waals surface area contributed by atoms with Crippen molar-refractivity contribution in [2.75, 3.05) is 0 Å². The first kappa shape index (κ1) is 8.83. The Morgan fingerprint density at radius 3 is 2.43 bits per heavy atom. The smallest absolute Gasteiger partial charge is 0.321 e. The van der Waals surface area contributed by atoms with Gasteiger partial charge >= 0.3 is 5.97 Å².